The van der Waals surface area contributed by atoms with Crippen LogP contribution >= 0.6 is 0 Å². The summed E-state index contributed by atoms with van der Waals surface area (Å²) in [4.78, 5) is 4.33. The number of aromatic nitrogens is 3. The minimum absolute atomic E-state index is 0.0398. The van der Waals surface area contributed by atoms with Crippen LogP contribution in [0.3, 0.4) is 0 Å². The van der Waals surface area contributed by atoms with Crippen molar-refractivity contribution in [2.24, 2.45) is 0 Å². The molecule has 0 unspecified atom stereocenters. The number of ether oxygens (including phenoxy) is 1. The highest BCUT2D eigenvalue weighted by atomic mass is 16.5. The molecule has 6 heteroatoms. The fraction of sp³-hybridized carbons (Fsp3) is 0.0625. The molecule has 3 rings (SSSR count). The van der Waals surface area contributed by atoms with E-state index >= 15 is 0 Å². The first-order valence-corrected chi connectivity index (χ1v) is 6.55. The van der Waals surface area contributed by atoms with Crippen molar-refractivity contribution in [1.29, 1.82) is 0 Å². The Morgan fingerprint density at radius 3 is 2.41 bits per heavy atom. The van der Waals surface area contributed by atoms with Crippen LogP contribution in [0.5, 0.6) is 17.4 Å². The summed E-state index contributed by atoms with van der Waals surface area (Å²) in [6.07, 6.45) is 0. The molecule has 0 aliphatic carbocycles. The van der Waals surface area contributed by atoms with E-state index in [-0.39, 0.29) is 17.4 Å². The molecule has 0 saturated heterocycles. The second-order valence-corrected chi connectivity index (χ2v) is 4.56. The van der Waals surface area contributed by atoms with Crippen LogP contribution < -0.4 is 4.74 Å². The van der Waals surface area contributed by atoms with Crippen molar-refractivity contribution in [3.05, 3.63) is 48.5 Å². The van der Waals surface area contributed by atoms with Gasteiger partial charge in [0.2, 0.25) is 5.88 Å². The van der Waals surface area contributed by atoms with Crippen molar-refractivity contribution in [1.82, 2.24) is 15.2 Å². The van der Waals surface area contributed by atoms with E-state index in [2.05, 4.69) is 15.2 Å². The summed E-state index contributed by atoms with van der Waals surface area (Å²) in [5, 5.41) is 27.5. The lowest BCUT2D eigenvalue weighted by Gasteiger charge is -2.09. The fourth-order valence-electron chi connectivity index (χ4n) is 2.05. The Kier molecular flexibility index (Phi) is 3.57. The highest BCUT2D eigenvalue weighted by Crippen LogP contribution is 2.35. The van der Waals surface area contributed by atoms with Gasteiger partial charge in [0.15, 0.2) is 11.5 Å². The molecule has 2 aromatic carbocycles. The highest BCUT2D eigenvalue weighted by molar-refractivity contribution is 5.72. The zero-order valence-electron chi connectivity index (χ0n) is 11.8. The third kappa shape index (κ3) is 2.54. The lowest BCUT2D eigenvalue weighted by atomic mass is 10.1. The van der Waals surface area contributed by atoms with Gasteiger partial charge >= 0.3 is 0 Å². The number of hydrogen-bond donors (Lipinski definition) is 2. The predicted molar refractivity (Wildman–Crippen MR) is 80.6 cm³/mol. The number of benzene rings is 2. The molecule has 3 aromatic rings. The fourth-order valence-corrected chi connectivity index (χ4v) is 2.05. The summed E-state index contributed by atoms with van der Waals surface area (Å²) in [5.74, 6) is 0.512. The largest absolute Gasteiger partial charge is 0.508 e. The van der Waals surface area contributed by atoms with Crippen molar-refractivity contribution >= 4 is 0 Å². The van der Waals surface area contributed by atoms with Gasteiger partial charge in [0.05, 0.1) is 7.11 Å². The van der Waals surface area contributed by atoms with E-state index in [0.29, 0.717) is 17.1 Å². The average Bonchev–Trinajstić information content (AvgIpc) is 2.55. The summed E-state index contributed by atoms with van der Waals surface area (Å²) in [7, 11) is 1.47. The summed E-state index contributed by atoms with van der Waals surface area (Å²) >= 11 is 0. The maximum atomic E-state index is 9.94. The molecule has 0 saturated carbocycles. The topological polar surface area (TPSA) is 88.4 Å². The van der Waals surface area contributed by atoms with E-state index in [9.17, 15) is 10.2 Å². The predicted octanol–water partition coefficient (Wildman–Crippen LogP) is 2.63. The smallest absolute Gasteiger partial charge is 0.244 e. The first-order chi connectivity index (χ1) is 10.7. The van der Waals surface area contributed by atoms with Gasteiger partial charge < -0.3 is 14.9 Å². The van der Waals surface area contributed by atoms with Crippen molar-refractivity contribution in [2.45, 2.75) is 0 Å². The molecular weight excluding hydrogens is 282 g/mol. The molecule has 1 heterocycles. The molecule has 0 spiro atoms. The number of rotatable bonds is 3. The second-order valence-electron chi connectivity index (χ2n) is 4.56. The van der Waals surface area contributed by atoms with E-state index < -0.39 is 0 Å². The van der Waals surface area contributed by atoms with E-state index in [0.717, 1.165) is 5.56 Å². The summed E-state index contributed by atoms with van der Waals surface area (Å²) in [5.41, 5.74) is 1.50. The van der Waals surface area contributed by atoms with Gasteiger partial charge in [-0.1, -0.05) is 30.3 Å². The SMILES string of the molecule is COc1nc(-c2ccccc2)nnc1-c1ccc(O)cc1O. The van der Waals surface area contributed by atoms with E-state index in [1.165, 1.54) is 25.3 Å². The van der Waals surface area contributed by atoms with Gasteiger partial charge in [-0.25, -0.2) is 0 Å². The second kappa shape index (κ2) is 5.69. The minimum atomic E-state index is -0.123. The quantitative estimate of drug-likeness (QED) is 0.772. The molecule has 110 valence electrons. The Hall–Kier alpha value is -3.15. The summed E-state index contributed by atoms with van der Waals surface area (Å²) < 4.78 is 5.26. The van der Waals surface area contributed by atoms with Crippen LogP contribution in [-0.4, -0.2) is 32.5 Å². The van der Waals surface area contributed by atoms with Crippen LogP contribution in [0.25, 0.3) is 22.6 Å². The first kappa shape index (κ1) is 13.8. The van der Waals surface area contributed by atoms with Crippen molar-refractivity contribution < 1.29 is 14.9 Å². The van der Waals surface area contributed by atoms with Gasteiger partial charge in [0, 0.05) is 17.2 Å². The molecule has 1 aromatic heterocycles. The van der Waals surface area contributed by atoms with Crippen LogP contribution in [0.2, 0.25) is 0 Å². The Balaban J connectivity index is 2.10. The number of hydrogen-bond acceptors (Lipinski definition) is 6. The Bertz CT molecular complexity index is 807. The lowest BCUT2D eigenvalue weighted by molar-refractivity contribution is 0.395. The maximum absolute atomic E-state index is 9.94. The van der Waals surface area contributed by atoms with E-state index in [1.807, 2.05) is 30.3 Å². The van der Waals surface area contributed by atoms with Gasteiger partial charge in [-0.2, -0.15) is 4.98 Å². The van der Waals surface area contributed by atoms with Gasteiger partial charge in [-0.05, 0) is 12.1 Å². The average molecular weight is 295 g/mol. The normalized spacial score (nSPS) is 10.4. The molecule has 22 heavy (non-hydrogen) atoms. The number of methoxy groups -OCH3 is 1. The van der Waals surface area contributed by atoms with Gasteiger partial charge in [0.25, 0.3) is 0 Å². The van der Waals surface area contributed by atoms with Gasteiger partial charge in [-0.15, -0.1) is 10.2 Å². The monoisotopic (exact) mass is 295 g/mol. The van der Waals surface area contributed by atoms with Crippen LogP contribution in [0.1, 0.15) is 0 Å². The lowest BCUT2D eigenvalue weighted by Crippen LogP contribution is -2.00. The third-order valence-corrected chi connectivity index (χ3v) is 3.12. The zero-order chi connectivity index (χ0) is 15.5. The van der Waals surface area contributed by atoms with Crippen molar-refractivity contribution in [3.63, 3.8) is 0 Å². The van der Waals surface area contributed by atoms with Gasteiger partial charge in [0.1, 0.15) is 11.5 Å². The van der Waals surface area contributed by atoms with Crippen LogP contribution in [0.15, 0.2) is 48.5 Å². The molecule has 0 radical (unpaired) electrons. The molecule has 0 fully saturated rings. The van der Waals surface area contributed by atoms with Crippen molar-refractivity contribution in [3.8, 4) is 40.0 Å². The number of aromatic hydroxyl groups is 2. The molecule has 0 aliphatic rings. The number of phenolic OH excluding ortho intramolecular Hbond substituents is 2. The first-order valence-electron chi connectivity index (χ1n) is 6.55. The summed E-state index contributed by atoms with van der Waals surface area (Å²) in [6.45, 7) is 0. The Labute approximate surface area is 126 Å². The van der Waals surface area contributed by atoms with Crippen molar-refractivity contribution in [2.75, 3.05) is 7.11 Å². The molecule has 0 bridgehead atoms. The Morgan fingerprint density at radius 1 is 0.955 bits per heavy atom. The molecule has 0 aliphatic heterocycles. The summed E-state index contributed by atoms with van der Waals surface area (Å²) in [6, 6.07) is 13.6. The molecule has 6 nitrogen and oxygen atoms in total. The Morgan fingerprint density at radius 2 is 1.73 bits per heavy atom. The van der Waals surface area contributed by atoms with Crippen LogP contribution in [0, 0.1) is 0 Å². The van der Waals surface area contributed by atoms with E-state index in [1.54, 1.807) is 0 Å². The third-order valence-electron chi connectivity index (χ3n) is 3.12. The van der Waals surface area contributed by atoms with Gasteiger partial charge in [-0.3, -0.25) is 0 Å². The van der Waals surface area contributed by atoms with Crippen LogP contribution in [-0.2, 0) is 0 Å². The number of nitrogens with zero attached hydrogens (tertiary/aromatic N) is 3. The number of phenols is 2. The molecular formula is C16H13N3O3. The molecule has 2 N–H and O–H groups in total. The minimum Gasteiger partial charge on any atom is -0.508 e. The molecule has 0 amide bonds. The highest BCUT2D eigenvalue weighted by Gasteiger charge is 2.16. The van der Waals surface area contributed by atoms with E-state index in [4.69, 9.17) is 4.74 Å². The molecule has 0 atom stereocenters. The van der Waals surface area contributed by atoms with Crippen LogP contribution in [0.4, 0.5) is 0 Å². The zero-order valence-corrected chi connectivity index (χ0v) is 11.8. The maximum Gasteiger partial charge on any atom is 0.244 e. The standard InChI is InChI=1S/C16H13N3O3/c1-22-16-14(12-8-7-11(20)9-13(12)21)18-19-15(17-16)10-5-3-2-4-6-10/h2-9,20-21H,1H3.